The standard InChI is InChI=1S/C17H17BrN2O/c1-11-9-12(7-8-14(11)18)17(21)10-15-13-5-3-4-6-16(13)20(2)19-15/h3-9,17,21H,10H2,1-2H3. The van der Waals surface area contributed by atoms with E-state index < -0.39 is 6.10 Å². The predicted octanol–water partition coefficient (Wildman–Crippen LogP) is 3.92. The van der Waals surface area contributed by atoms with Gasteiger partial charge in [-0.25, -0.2) is 0 Å². The second-order valence-corrected chi connectivity index (χ2v) is 6.17. The molecule has 2 aromatic carbocycles. The molecular formula is C17H17BrN2O. The molecular weight excluding hydrogens is 328 g/mol. The van der Waals surface area contributed by atoms with Crippen LogP contribution in [0.15, 0.2) is 46.9 Å². The summed E-state index contributed by atoms with van der Waals surface area (Å²) >= 11 is 3.48. The van der Waals surface area contributed by atoms with Crippen LogP contribution in [0, 0.1) is 6.92 Å². The first-order valence-corrected chi connectivity index (χ1v) is 7.70. The molecule has 1 aromatic heterocycles. The topological polar surface area (TPSA) is 38.1 Å². The monoisotopic (exact) mass is 344 g/mol. The number of fused-ring (bicyclic) bond motifs is 1. The minimum atomic E-state index is -0.546. The van der Waals surface area contributed by atoms with E-state index in [1.807, 2.05) is 55.1 Å². The van der Waals surface area contributed by atoms with E-state index >= 15 is 0 Å². The van der Waals surface area contributed by atoms with Gasteiger partial charge in [0.2, 0.25) is 0 Å². The van der Waals surface area contributed by atoms with Crippen molar-refractivity contribution in [1.29, 1.82) is 0 Å². The summed E-state index contributed by atoms with van der Waals surface area (Å²) in [6, 6.07) is 14.0. The van der Waals surface area contributed by atoms with E-state index in [-0.39, 0.29) is 0 Å². The first-order chi connectivity index (χ1) is 10.1. The van der Waals surface area contributed by atoms with Crippen molar-refractivity contribution in [1.82, 2.24) is 9.78 Å². The van der Waals surface area contributed by atoms with Crippen LogP contribution in [0.2, 0.25) is 0 Å². The number of nitrogens with zero attached hydrogens (tertiary/aromatic N) is 2. The van der Waals surface area contributed by atoms with Crippen LogP contribution < -0.4 is 0 Å². The number of hydrogen-bond acceptors (Lipinski definition) is 2. The van der Waals surface area contributed by atoms with Crippen LogP contribution in [0.5, 0.6) is 0 Å². The molecule has 0 bridgehead atoms. The average molecular weight is 345 g/mol. The number of para-hydroxylation sites is 1. The number of aliphatic hydroxyl groups excluding tert-OH is 1. The molecule has 21 heavy (non-hydrogen) atoms. The summed E-state index contributed by atoms with van der Waals surface area (Å²) in [5.74, 6) is 0. The lowest BCUT2D eigenvalue weighted by atomic mass is 10.0. The Morgan fingerprint density at radius 2 is 2.00 bits per heavy atom. The van der Waals surface area contributed by atoms with Gasteiger partial charge >= 0.3 is 0 Å². The lowest BCUT2D eigenvalue weighted by Crippen LogP contribution is -2.03. The Balaban J connectivity index is 1.92. The van der Waals surface area contributed by atoms with Crippen LogP contribution in [0.25, 0.3) is 10.9 Å². The number of aliphatic hydroxyl groups is 1. The minimum absolute atomic E-state index is 0.516. The largest absolute Gasteiger partial charge is 0.388 e. The molecule has 0 spiro atoms. The first kappa shape index (κ1) is 14.3. The predicted molar refractivity (Wildman–Crippen MR) is 88.3 cm³/mol. The second-order valence-electron chi connectivity index (χ2n) is 5.32. The van der Waals surface area contributed by atoms with Gasteiger partial charge in [-0.2, -0.15) is 5.10 Å². The Bertz CT molecular complexity index is 795. The van der Waals surface area contributed by atoms with E-state index in [0.717, 1.165) is 32.2 Å². The lowest BCUT2D eigenvalue weighted by Gasteiger charge is -2.11. The third-order valence-corrected chi connectivity index (χ3v) is 4.68. The van der Waals surface area contributed by atoms with Crippen molar-refractivity contribution in [3.63, 3.8) is 0 Å². The molecule has 0 aliphatic rings. The van der Waals surface area contributed by atoms with Gasteiger partial charge in [0.25, 0.3) is 0 Å². The number of aromatic nitrogens is 2. The second kappa shape index (κ2) is 5.62. The number of hydrogen-bond donors (Lipinski definition) is 1. The molecule has 3 aromatic rings. The van der Waals surface area contributed by atoms with Gasteiger partial charge in [-0.3, -0.25) is 4.68 Å². The number of rotatable bonds is 3. The summed E-state index contributed by atoms with van der Waals surface area (Å²) in [6.07, 6.45) is -0.0299. The quantitative estimate of drug-likeness (QED) is 0.781. The Morgan fingerprint density at radius 1 is 1.24 bits per heavy atom. The van der Waals surface area contributed by atoms with Crippen LogP contribution in [0.1, 0.15) is 22.9 Å². The van der Waals surface area contributed by atoms with E-state index in [0.29, 0.717) is 6.42 Å². The maximum atomic E-state index is 10.5. The van der Waals surface area contributed by atoms with Crippen molar-refractivity contribution in [3.05, 3.63) is 63.8 Å². The van der Waals surface area contributed by atoms with Gasteiger partial charge in [0.15, 0.2) is 0 Å². The molecule has 1 N–H and O–H groups in total. The zero-order valence-corrected chi connectivity index (χ0v) is 13.6. The smallest absolute Gasteiger partial charge is 0.0846 e. The van der Waals surface area contributed by atoms with Crippen LogP contribution in [0.3, 0.4) is 0 Å². The molecule has 1 heterocycles. The molecule has 0 aliphatic carbocycles. The summed E-state index contributed by atoms with van der Waals surface area (Å²) in [6.45, 7) is 2.02. The normalized spacial score (nSPS) is 12.8. The highest BCUT2D eigenvalue weighted by molar-refractivity contribution is 9.10. The van der Waals surface area contributed by atoms with Gasteiger partial charge in [0.05, 0.1) is 17.3 Å². The molecule has 108 valence electrons. The summed E-state index contributed by atoms with van der Waals surface area (Å²) < 4.78 is 2.92. The van der Waals surface area contributed by atoms with Crippen LogP contribution in [0.4, 0.5) is 0 Å². The van der Waals surface area contributed by atoms with E-state index in [9.17, 15) is 5.11 Å². The van der Waals surface area contributed by atoms with E-state index in [4.69, 9.17) is 0 Å². The highest BCUT2D eigenvalue weighted by Gasteiger charge is 2.15. The van der Waals surface area contributed by atoms with Crippen molar-refractivity contribution in [2.45, 2.75) is 19.4 Å². The summed E-state index contributed by atoms with van der Waals surface area (Å²) in [7, 11) is 1.93. The molecule has 0 aliphatic heterocycles. The van der Waals surface area contributed by atoms with E-state index in [2.05, 4.69) is 27.1 Å². The van der Waals surface area contributed by atoms with Crippen molar-refractivity contribution in [2.75, 3.05) is 0 Å². The number of halogens is 1. The van der Waals surface area contributed by atoms with Gasteiger partial charge in [-0.05, 0) is 30.2 Å². The van der Waals surface area contributed by atoms with E-state index in [1.54, 1.807) is 0 Å². The fourth-order valence-electron chi connectivity index (χ4n) is 2.62. The average Bonchev–Trinajstić information content (AvgIpc) is 2.79. The van der Waals surface area contributed by atoms with Gasteiger partial charge in [-0.15, -0.1) is 0 Å². The van der Waals surface area contributed by atoms with Crippen molar-refractivity contribution < 1.29 is 5.11 Å². The van der Waals surface area contributed by atoms with Crippen molar-refractivity contribution in [3.8, 4) is 0 Å². The molecule has 0 amide bonds. The van der Waals surface area contributed by atoms with E-state index in [1.165, 1.54) is 0 Å². The first-order valence-electron chi connectivity index (χ1n) is 6.91. The molecule has 3 rings (SSSR count). The summed E-state index contributed by atoms with van der Waals surface area (Å²) in [4.78, 5) is 0. The van der Waals surface area contributed by atoms with Crippen molar-refractivity contribution in [2.24, 2.45) is 7.05 Å². The fraction of sp³-hybridized carbons (Fsp3) is 0.235. The van der Waals surface area contributed by atoms with Gasteiger partial charge < -0.3 is 5.11 Å². The summed E-state index contributed by atoms with van der Waals surface area (Å²) in [5.41, 5.74) is 4.07. The molecule has 0 radical (unpaired) electrons. The highest BCUT2D eigenvalue weighted by Crippen LogP contribution is 2.26. The van der Waals surface area contributed by atoms with Crippen LogP contribution >= 0.6 is 15.9 Å². The molecule has 1 atom stereocenters. The van der Waals surface area contributed by atoms with Gasteiger partial charge in [-0.1, -0.05) is 46.3 Å². The van der Waals surface area contributed by atoms with Crippen molar-refractivity contribution >= 4 is 26.8 Å². The van der Waals surface area contributed by atoms with Crippen LogP contribution in [-0.4, -0.2) is 14.9 Å². The fourth-order valence-corrected chi connectivity index (χ4v) is 2.86. The molecule has 3 nitrogen and oxygen atoms in total. The Hall–Kier alpha value is -1.65. The van der Waals surface area contributed by atoms with Crippen LogP contribution in [-0.2, 0) is 13.5 Å². The molecule has 0 saturated heterocycles. The number of benzene rings is 2. The Kier molecular flexibility index (Phi) is 3.83. The van der Waals surface area contributed by atoms with Gasteiger partial charge in [0.1, 0.15) is 0 Å². The maximum absolute atomic E-state index is 10.5. The third-order valence-electron chi connectivity index (χ3n) is 3.79. The van der Waals surface area contributed by atoms with Gasteiger partial charge in [0, 0.05) is 23.3 Å². The molecule has 1 unspecified atom stereocenters. The zero-order valence-electron chi connectivity index (χ0n) is 12.0. The third kappa shape index (κ3) is 2.74. The minimum Gasteiger partial charge on any atom is -0.388 e. The zero-order chi connectivity index (χ0) is 15.0. The Labute approximate surface area is 132 Å². The Morgan fingerprint density at radius 3 is 2.76 bits per heavy atom. The molecule has 0 fully saturated rings. The SMILES string of the molecule is Cc1cc(C(O)Cc2nn(C)c3ccccc23)ccc1Br. The summed E-state index contributed by atoms with van der Waals surface area (Å²) in [5, 5.41) is 16.1. The molecule has 4 heteroatoms. The highest BCUT2D eigenvalue weighted by atomic mass is 79.9. The molecule has 0 saturated carbocycles. The number of aryl methyl sites for hydroxylation is 2. The maximum Gasteiger partial charge on any atom is 0.0846 e. The lowest BCUT2D eigenvalue weighted by molar-refractivity contribution is 0.177.